The van der Waals surface area contributed by atoms with Crippen LogP contribution in [0.25, 0.3) is 5.76 Å². The van der Waals surface area contributed by atoms with E-state index in [1.165, 1.54) is 38.4 Å². The number of rotatable bonds is 11. The molecule has 2 aromatic carbocycles. The summed E-state index contributed by atoms with van der Waals surface area (Å²) in [7, 11) is 4.39. The average molecular weight is 504 g/mol. The van der Waals surface area contributed by atoms with Gasteiger partial charge in [-0.1, -0.05) is 37.1 Å². The van der Waals surface area contributed by atoms with Crippen LogP contribution in [0.1, 0.15) is 36.9 Å². The first-order valence-electron chi connectivity index (χ1n) is 11.3. The zero-order chi connectivity index (χ0) is 25.5. The highest BCUT2D eigenvalue weighted by Crippen LogP contribution is 2.43. The Hall–Kier alpha value is -3.23. The normalized spacial score (nSPS) is 17.1. The van der Waals surface area contributed by atoms with Crippen LogP contribution >= 0.6 is 11.6 Å². The van der Waals surface area contributed by atoms with Gasteiger partial charge >= 0.3 is 0 Å². The van der Waals surface area contributed by atoms with Crippen LogP contribution < -0.4 is 14.2 Å². The Balaban J connectivity index is 2.12. The number of Topliss-reactive ketones (excluding diaryl/α,β-unsaturated/α-hetero) is 1. The Bertz CT molecular complexity index is 1100. The third-order valence-electron chi connectivity index (χ3n) is 5.77. The molecule has 0 spiro atoms. The van der Waals surface area contributed by atoms with Crippen molar-refractivity contribution in [2.45, 2.75) is 25.8 Å². The lowest BCUT2D eigenvalue weighted by atomic mass is 9.95. The SMILES string of the molecule is CCCCOc1ccc(C2/C(=C(\O)c3cc(Cl)c(OC)cc3OC)C(=O)C(=O)N2CCOC)cc1. The summed E-state index contributed by atoms with van der Waals surface area (Å²) in [5, 5.41) is 11.5. The maximum absolute atomic E-state index is 13.2. The molecule has 1 fully saturated rings. The molecule has 2 aromatic rings. The molecule has 35 heavy (non-hydrogen) atoms. The minimum Gasteiger partial charge on any atom is -0.507 e. The molecule has 0 saturated carbocycles. The van der Waals surface area contributed by atoms with E-state index >= 15 is 0 Å². The predicted octanol–water partition coefficient (Wildman–Crippen LogP) is 4.60. The first kappa shape index (κ1) is 26.4. The number of halogens is 1. The molecular formula is C26H30ClNO7. The molecule has 1 aliphatic rings. The molecule has 9 heteroatoms. The number of hydrogen-bond donors (Lipinski definition) is 1. The zero-order valence-corrected chi connectivity index (χ0v) is 21.1. The maximum atomic E-state index is 13.2. The molecule has 1 heterocycles. The molecule has 0 aliphatic carbocycles. The summed E-state index contributed by atoms with van der Waals surface area (Å²) in [6.07, 6.45) is 1.95. The fourth-order valence-electron chi connectivity index (χ4n) is 3.92. The number of ketones is 1. The second kappa shape index (κ2) is 12.0. The predicted molar refractivity (Wildman–Crippen MR) is 132 cm³/mol. The number of aliphatic hydroxyl groups excluding tert-OH is 1. The van der Waals surface area contributed by atoms with Crippen LogP contribution in [0.15, 0.2) is 42.0 Å². The summed E-state index contributed by atoms with van der Waals surface area (Å²) in [4.78, 5) is 27.5. The number of methoxy groups -OCH3 is 3. The number of nitrogens with zero attached hydrogens (tertiary/aromatic N) is 1. The standard InChI is InChI=1S/C26H30ClNO7/c1-5-6-12-35-17-9-7-16(8-10-17)23-22(25(30)26(31)28(23)11-13-32-2)24(29)18-14-19(27)21(34-4)15-20(18)33-3/h7-10,14-15,23,29H,5-6,11-13H2,1-4H3/b24-22+. The van der Waals surface area contributed by atoms with Gasteiger partial charge in [-0.25, -0.2) is 0 Å². The lowest BCUT2D eigenvalue weighted by Gasteiger charge is -2.25. The molecule has 3 rings (SSSR count). The molecule has 1 saturated heterocycles. The van der Waals surface area contributed by atoms with Crippen LogP contribution in [0.5, 0.6) is 17.2 Å². The van der Waals surface area contributed by atoms with Crippen molar-refractivity contribution in [1.29, 1.82) is 0 Å². The third-order valence-corrected chi connectivity index (χ3v) is 6.06. The van der Waals surface area contributed by atoms with Gasteiger partial charge in [0, 0.05) is 19.7 Å². The maximum Gasteiger partial charge on any atom is 0.295 e. The quantitative estimate of drug-likeness (QED) is 0.207. The van der Waals surface area contributed by atoms with E-state index < -0.39 is 23.5 Å². The molecule has 1 atom stereocenters. The highest BCUT2D eigenvalue weighted by Gasteiger charge is 2.46. The fourth-order valence-corrected chi connectivity index (χ4v) is 4.16. The minimum atomic E-state index is -0.833. The first-order chi connectivity index (χ1) is 16.9. The number of amides is 1. The number of carbonyl (C=O) groups excluding carboxylic acids is 2. The topological polar surface area (TPSA) is 94.5 Å². The van der Waals surface area contributed by atoms with E-state index in [-0.39, 0.29) is 35.1 Å². The van der Waals surface area contributed by atoms with Crippen molar-refractivity contribution in [3.8, 4) is 17.2 Å². The average Bonchev–Trinajstić information content (AvgIpc) is 3.12. The van der Waals surface area contributed by atoms with Crippen LogP contribution in [0.4, 0.5) is 0 Å². The van der Waals surface area contributed by atoms with E-state index in [1.54, 1.807) is 24.3 Å². The van der Waals surface area contributed by atoms with E-state index in [1.807, 2.05) is 0 Å². The number of ether oxygens (including phenoxy) is 4. The van der Waals surface area contributed by atoms with Gasteiger partial charge < -0.3 is 29.0 Å². The Morgan fingerprint density at radius 2 is 1.71 bits per heavy atom. The van der Waals surface area contributed by atoms with Crippen LogP contribution in [-0.4, -0.2) is 62.8 Å². The second-order valence-corrected chi connectivity index (χ2v) is 8.35. The highest BCUT2D eigenvalue weighted by atomic mass is 35.5. The number of likely N-dealkylation sites (tertiary alicyclic amines) is 1. The molecule has 1 amide bonds. The summed E-state index contributed by atoms with van der Waals surface area (Å²) >= 11 is 6.29. The van der Waals surface area contributed by atoms with Gasteiger partial charge in [-0.15, -0.1) is 0 Å². The Labute approximate surface area is 210 Å². The number of aliphatic hydroxyl groups is 1. The van der Waals surface area contributed by atoms with Crippen LogP contribution in [0, 0.1) is 0 Å². The molecular weight excluding hydrogens is 474 g/mol. The molecule has 188 valence electrons. The van der Waals surface area contributed by atoms with E-state index in [9.17, 15) is 14.7 Å². The van der Waals surface area contributed by atoms with Crippen LogP contribution in [0.3, 0.4) is 0 Å². The monoisotopic (exact) mass is 503 g/mol. The Kier molecular flexibility index (Phi) is 9.01. The highest BCUT2D eigenvalue weighted by molar-refractivity contribution is 6.46. The molecule has 0 radical (unpaired) electrons. The van der Waals surface area contributed by atoms with Crippen LogP contribution in [-0.2, 0) is 14.3 Å². The van der Waals surface area contributed by atoms with Crippen molar-refractivity contribution >= 4 is 29.1 Å². The van der Waals surface area contributed by atoms with Gasteiger partial charge in [0.05, 0.1) is 49.6 Å². The van der Waals surface area contributed by atoms with Gasteiger partial charge in [0.25, 0.3) is 11.7 Å². The van der Waals surface area contributed by atoms with E-state index in [2.05, 4.69) is 6.92 Å². The number of hydrogen-bond acceptors (Lipinski definition) is 7. The molecule has 1 aliphatic heterocycles. The smallest absolute Gasteiger partial charge is 0.295 e. The lowest BCUT2D eigenvalue weighted by Crippen LogP contribution is -2.32. The number of unbranched alkanes of at least 4 members (excludes halogenated alkanes) is 1. The van der Waals surface area contributed by atoms with Crippen molar-refractivity contribution in [3.05, 3.63) is 58.1 Å². The summed E-state index contributed by atoms with van der Waals surface area (Å²) < 4.78 is 21.5. The van der Waals surface area contributed by atoms with Gasteiger partial charge in [-0.3, -0.25) is 9.59 Å². The molecule has 1 N–H and O–H groups in total. The Morgan fingerprint density at radius 3 is 2.31 bits per heavy atom. The van der Waals surface area contributed by atoms with Crippen LogP contribution in [0.2, 0.25) is 5.02 Å². The van der Waals surface area contributed by atoms with Crippen molar-refractivity contribution in [1.82, 2.24) is 4.90 Å². The number of carbonyl (C=O) groups is 2. The van der Waals surface area contributed by atoms with Gasteiger partial charge in [0.2, 0.25) is 0 Å². The largest absolute Gasteiger partial charge is 0.507 e. The summed E-state index contributed by atoms with van der Waals surface area (Å²) in [6, 6.07) is 9.25. The van der Waals surface area contributed by atoms with Crippen molar-refractivity contribution in [3.63, 3.8) is 0 Å². The summed E-state index contributed by atoms with van der Waals surface area (Å²) in [5.74, 6) is -0.657. The molecule has 8 nitrogen and oxygen atoms in total. The van der Waals surface area contributed by atoms with Gasteiger partial charge in [0.1, 0.15) is 23.0 Å². The van der Waals surface area contributed by atoms with E-state index in [4.69, 9.17) is 30.5 Å². The summed E-state index contributed by atoms with van der Waals surface area (Å²) in [5.41, 5.74) is 0.751. The van der Waals surface area contributed by atoms with E-state index in [0.29, 0.717) is 23.7 Å². The number of benzene rings is 2. The first-order valence-corrected chi connectivity index (χ1v) is 11.7. The minimum absolute atomic E-state index is 0.0645. The lowest BCUT2D eigenvalue weighted by molar-refractivity contribution is -0.140. The second-order valence-electron chi connectivity index (χ2n) is 7.94. The van der Waals surface area contributed by atoms with Gasteiger partial charge in [0.15, 0.2) is 0 Å². The molecule has 0 aromatic heterocycles. The van der Waals surface area contributed by atoms with Gasteiger partial charge in [-0.2, -0.15) is 0 Å². The molecule has 0 bridgehead atoms. The molecule has 1 unspecified atom stereocenters. The van der Waals surface area contributed by atoms with Crippen molar-refractivity contribution < 1.29 is 33.6 Å². The summed E-state index contributed by atoms with van der Waals surface area (Å²) in [6.45, 7) is 3.07. The Morgan fingerprint density at radius 1 is 1.03 bits per heavy atom. The zero-order valence-electron chi connectivity index (χ0n) is 20.3. The fraction of sp³-hybridized carbons (Fsp3) is 0.385. The van der Waals surface area contributed by atoms with E-state index in [0.717, 1.165) is 12.8 Å². The van der Waals surface area contributed by atoms with Gasteiger partial charge in [-0.05, 0) is 30.2 Å². The third kappa shape index (κ3) is 5.55. The van der Waals surface area contributed by atoms with Crippen molar-refractivity contribution in [2.24, 2.45) is 0 Å². The van der Waals surface area contributed by atoms with Crippen molar-refractivity contribution in [2.75, 3.05) is 41.1 Å².